The number of nitrogens with zero attached hydrogens (tertiary/aromatic N) is 1. The summed E-state index contributed by atoms with van der Waals surface area (Å²) in [6, 6.07) is 1.98. The zero-order valence-corrected chi connectivity index (χ0v) is 9.43. The molecule has 7 nitrogen and oxygen atoms in total. The molecule has 1 aromatic heterocycles. The Bertz CT molecular complexity index is 611. The number of aromatic nitrogens is 2. The van der Waals surface area contributed by atoms with Crippen molar-refractivity contribution < 1.29 is 25.2 Å². The number of carbonyl (C=O) groups is 1. The summed E-state index contributed by atoms with van der Waals surface area (Å²) in [5.41, 5.74) is -0.387. The van der Waals surface area contributed by atoms with E-state index in [1.54, 1.807) is 0 Å². The average Bonchev–Trinajstić information content (AvgIpc) is 2.76. The lowest BCUT2D eigenvalue weighted by molar-refractivity contribution is 0.0690. The minimum Gasteiger partial charge on any atom is -0.506 e. The number of phenolic OH excluding ortho intramolecular Hbond substituents is 3. The molecule has 0 saturated carbocycles. The summed E-state index contributed by atoms with van der Waals surface area (Å²) in [6.45, 7) is 0. The van der Waals surface area contributed by atoms with Crippen molar-refractivity contribution in [2.24, 2.45) is 0 Å². The number of phenols is 3. The van der Waals surface area contributed by atoms with Crippen molar-refractivity contribution in [3.63, 3.8) is 0 Å². The van der Waals surface area contributed by atoms with Crippen LogP contribution >= 0.6 is 11.6 Å². The molecular formula is C10H7ClN2O5. The Balaban J connectivity index is 2.66. The lowest BCUT2D eigenvalue weighted by Crippen LogP contribution is -1.95. The van der Waals surface area contributed by atoms with E-state index in [2.05, 4.69) is 10.2 Å². The number of aromatic carboxylic acids is 1. The van der Waals surface area contributed by atoms with Gasteiger partial charge in [-0.25, -0.2) is 4.79 Å². The van der Waals surface area contributed by atoms with Crippen molar-refractivity contribution in [2.45, 2.75) is 0 Å². The number of carboxylic acids is 1. The van der Waals surface area contributed by atoms with E-state index in [-0.39, 0.29) is 22.0 Å². The number of hydrogen-bond donors (Lipinski definition) is 5. The van der Waals surface area contributed by atoms with Crippen LogP contribution in [-0.2, 0) is 0 Å². The van der Waals surface area contributed by atoms with E-state index in [0.717, 1.165) is 12.1 Å². The first-order valence-electron chi connectivity index (χ1n) is 4.64. The quantitative estimate of drug-likeness (QED) is 0.416. The maximum atomic E-state index is 10.7. The summed E-state index contributed by atoms with van der Waals surface area (Å²) in [7, 11) is 0. The highest BCUT2D eigenvalue weighted by Gasteiger charge is 2.20. The van der Waals surface area contributed by atoms with Crippen molar-refractivity contribution in [3.05, 3.63) is 22.8 Å². The highest BCUT2D eigenvalue weighted by atomic mass is 35.5. The number of carboxylic acid groups (broad SMARTS) is 1. The smallest absolute Gasteiger partial charge is 0.353 e. The highest BCUT2D eigenvalue weighted by molar-refractivity contribution is 6.35. The molecule has 0 aliphatic rings. The Labute approximate surface area is 105 Å². The minimum absolute atomic E-state index is 0.0129. The Morgan fingerprint density at radius 1 is 1.22 bits per heavy atom. The van der Waals surface area contributed by atoms with Crippen LogP contribution in [-0.4, -0.2) is 36.6 Å². The minimum atomic E-state index is -1.24. The molecular weight excluding hydrogens is 264 g/mol. The Morgan fingerprint density at radius 3 is 2.44 bits per heavy atom. The zero-order chi connectivity index (χ0) is 13.4. The monoisotopic (exact) mass is 270 g/mol. The van der Waals surface area contributed by atoms with E-state index in [1.807, 2.05) is 0 Å². The fourth-order valence-corrected chi connectivity index (χ4v) is 1.66. The van der Waals surface area contributed by atoms with Crippen LogP contribution in [0.2, 0.25) is 5.02 Å². The van der Waals surface area contributed by atoms with Crippen LogP contribution < -0.4 is 0 Å². The molecule has 0 unspecified atom stereocenters. The molecule has 5 N–H and O–H groups in total. The van der Waals surface area contributed by atoms with Crippen LogP contribution in [0.4, 0.5) is 0 Å². The Kier molecular flexibility index (Phi) is 2.76. The van der Waals surface area contributed by atoms with Gasteiger partial charge in [0, 0.05) is 6.07 Å². The first kappa shape index (κ1) is 12.1. The van der Waals surface area contributed by atoms with E-state index in [9.17, 15) is 20.1 Å². The summed E-state index contributed by atoms with van der Waals surface area (Å²) < 4.78 is 0. The molecule has 1 aromatic carbocycles. The third-order valence-electron chi connectivity index (χ3n) is 2.26. The zero-order valence-electron chi connectivity index (χ0n) is 8.68. The third-order valence-corrected chi connectivity index (χ3v) is 2.64. The number of hydrogen-bond acceptors (Lipinski definition) is 5. The summed E-state index contributed by atoms with van der Waals surface area (Å²) in [5.74, 6) is -2.89. The first-order valence-corrected chi connectivity index (χ1v) is 5.02. The summed E-state index contributed by atoms with van der Waals surface area (Å²) >= 11 is 5.77. The maximum Gasteiger partial charge on any atom is 0.353 e. The number of nitrogens with one attached hydrogen (secondary N) is 1. The predicted molar refractivity (Wildman–Crippen MR) is 61.0 cm³/mol. The van der Waals surface area contributed by atoms with Gasteiger partial charge in [0.25, 0.3) is 0 Å². The first-order chi connectivity index (χ1) is 8.41. The van der Waals surface area contributed by atoms with Gasteiger partial charge in [-0.3, -0.25) is 5.10 Å². The molecule has 0 aliphatic heterocycles. The number of halogens is 1. The van der Waals surface area contributed by atoms with E-state index >= 15 is 0 Å². The standard InChI is InChI=1S/C10H7ClN2O5/c11-8-5(14)2-6(15)9(16)7(8)3-1-4(10(17)18)13-12-3/h1-2,14-16H,(H,12,13)(H,17,18). The second-order valence-corrected chi connectivity index (χ2v) is 3.80. The lowest BCUT2D eigenvalue weighted by atomic mass is 10.1. The number of aromatic hydroxyl groups is 3. The van der Waals surface area contributed by atoms with Crippen molar-refractivity contribution in [2.75, 3.05) is 0 Å². The molecule has 0 atom stereocenters. The lowest BCUT2D eigenvalue weighted by Gasteiger charge is -2.07. The van der Waals surface area contributed by atoms with Gasteiger partial charge >= 0.3 is 5.97 Å². The normalized spacial score (nSPS) is 10.5. The second-order valence-electron chi connectivity index (χ2n) is 3.42. The molecule has 18 heavy (non-hydrogen) atoms. The molecule has 8 heteroatoms. The predicted octanol–water partition coefficient (Wildman–Crippen LogP) is 1.55. The van der Waals surface area contributed by atoms with E-state index in [1.165, 1.54) is 0 Å². The van der Waals surface area contributed by atoms with Crippen molar-refractivity contribution >= 4 is 17.6 Å². The molecule has 0 saturated heterocycles. The van der Waals surface area contributed by atoms with Gasteiger partial charge in [-0.1, -0.05) is 11.6 Å². The highest BCUT2D eigenvalue weighted by Crippen LogP contribution is 2.45. The topological polar surface area (TPSA) is 127 Å². The molecule has 0 bridgehead atoms. The van der Waals surface area contributed by atoms with Crippen LogP contribution in [0.25, 0.3) is 11.3 Å². The number of rotatable bonds is 2. The molecule has 0 spiro atoms. The Hall–Kier alpha value is -2.41. The second kappa shape index (κ2) is 4.11. The molecule has 2 rings (SSSR count). The van der Waals surface area contributed by atoms with Crippen LogP contribution in [0, 0.1) is 0 Å². The number of H-pyrrole nitrogens is 1. The molecule has 1 heterocycles. The molecule has 94 valence electrons. The van der Waals surface area contributed by atoms with Crippen LogP contribution in [0.1, 0.15) is 10.5 Å². The number of benzene rings is 1. The van der Waals surface area contributed by atoms with E-state index in [4.69, 9.17) is 16.7 Å². The molecule has 2 aromatic rings. The van der Waals surface area contributed by atoms with Gasteiger partial charge in [0.15, 0.2) is 11.5 Å². The SMILES string of the molecule is O=C(O)c1cc(-c2c(O)c(O)cc(O)c2Cl)n[nH]1. The third kappa shape index (κ3) is 1.80. The molecule has 0 radical (unpaired) electrons. The van der Waals surface area contributed by atoms with Gasteiger partial charge in [0.05, 0.1) is 16.3 Å². The maximum absolute atomic E-state index is 10.7. The van der Waals surface area contributed by atoms with Gasteiger partial charge in [0.1, 0.15) is 11.4 Å². The van der Waals surface area contributed by atoms with Crippen molar-refractivity contribution in [1.82, 2.24) is 10.2 Å². The average molecular weight is 271 g/mol. The van der Waals surface area contributed by atoms with Crippen LogP contribution in [0.5, 0.6) is 17.2 Å². The summed E-state index contributed by atoms with van der Waals surface area (Å²) in [4.78, 5) is 10.7. The van der Waals surface area contributed by atoms with Gasteiger partial charge in [-0.05, 0) is 6.07 Å². The largest absolute Gasteiger partial charge is 0.506 e. The van der Waals surface area contributed by atoms with Crippen LogP contribution in [0.15, 0.2) is 12.1 Å². The van der Waals surface area contributed by atoms with E-state index < -0.39 is 23.2 Å². The fraction of sp³-hybridized carbons (Fsp3) is 0. The van der Waals surface area contributed by atoms with Gasteiger partial charge in [-0.15, -0.1) is 0 Å². The molecule has 0 aliphatic carbocycles. The van der Waals surface area contributed by atoms with Gasteiger partial charge in [0.2, 0.25) is 0 Å². The van der Waals surface area contributed by atoms with Crippen LogP contribution in [0.3, 0.4) is 0 Å². The fourth-order valence-electron chi connectivity index (χ4n) is 1.41. The number of aromatic amines is 1. The van der Waals surface area contributed by atoms with Crippen molar-refractivity contribution in [1.29, 1.82) is 0 Å². The van der Waals surface area contributed by atoms with Gasteiger partial charge in [-0.2, -0.15) is 5.10 Å². The van der Waals surface area contributed by atoms with Crippen molar-refractivity contribution in [3.8, 4) is 28.5 Å². The van der Waals surface area contributed by atoms with E-state index in [0.29, 0.717) is 0 Å². The summed E-state index contributed by atoms with van der Waals surface area (Å²) in [5, 5.41) is 42.8. The molecule has 0 amide bonds. The summed E-state index contributed by atoms with van der Waals surface area (Å²) in [6.07, 6.45) is 0. The Morgan fingerprint density at radius 2 is 1.89 bits per heavy atom. The van der Waals surface area contributed by atoms with Gasteiger partial charge < -0.3 is 20.4 Å². The molecule has 0 fully saturated rings.